The molecule has 19 heteroatoms. The molecule has 0 radical (unpaired) electrons. The van der Waals surface area contributed by atoms with Gasteiger partial charge in [-0.25, -0.2) is 22.8 Å². The van der Waals surface area contributed by atoms with Crippen molar-refractivity contribution in [2.75, 3.05) is 78.5 Å². The number of aryl methyl sites for hydroxylation is 3. The van der Waals surface area contributed by atoms with E-state index in [4.69, 9.17) is 11.5 Å². The Hall–Kier alpha value is -7.61. The number of carbonyl (C=O) groups is 3. The van der Waals surface area contributed by atoms with Crippen LogP contribution in [0.3, 0.4) is 0 Å². The molecule has 0 bridgehead atoms. The van der Waals surface area contributed by atoms with Gasteiger partial charge in [0.2, 0.25) is 5.91 Å². The molecular formula is C60H78F3N13O3. The summed E-state index contributed by atoms with van der Waals surface area (Å²) in [5, 5.41) is 10.5. The summed E-state index contributed by atoms with van der Waals surface area (Å²) in [7, 11) is 0. The Morgan fingerprint density at radius 1 is 0.544 bits per heavy atom. The SMILES string of the molecule is CC(=O)N1CCN(Cc2cccc(NC(=O)Nc3ccnc(C)c3)c2F)C[C@H]1C.C[C@H]1CCCN(Cc2cccc(N)c2F)C1.Cc1cc(N)ccn1.Cc1cc(NC(=O)Nc2cccc(CN3CCC[C@H](C)C3)c2F)ccn1. The number of piperidine rings is 2. The second kappa shape index (κ2) is 29.9. The van der Waals surface area contributed by atoms with Crippen LogP contribution in [0, 0.1) is 50.1 Å². The van der Waals surface area contributed by atoms with E-state index < -0.39 is 17.9 Å². The van der Waals surface area contributed by atoms with E-state index in [0.29, 0.717) is 73.3 Å². The summed E-state index contributed by atoms with van der Waals surface area (Å²) < 4.78 is 43.5. The highest BCUT2D eigenvalue weighted by Crippen LogP contribution is 2.26. The quantitative estimate of drug-likeness (QED) is 0.0713. The van der Waals surface area contributed by atoms with Gasteiger partial charge in [0.25, 0.3) is 0 Å². The zero-order valence-electron chi connectivity index (χ0n) is 46.7. The van der Waals surface area contributed by atoms with Crippen LogP contribution in [0.15, 0.2) is 110 Å². The minimum absolute atomic E-state index is 0.0601. The van der Waals surface area contributed by atoms with Crippen molar-refractivity contribution in [3.8, 4) is 0 Å². The lowest BCUT2D eigenvalue weighted by Gasteiger charge is -2.39. The number of carbonyl (C=O) groups excluding carboxylic acids is 3. The van der Waals surface area contributed by atoms with Crippen LogP contribution >= 0.6 is 0 Å². The first-order chi connectivity index (χ1) is 37.8. The summed E-state index contributed by atoms with van der Waals surface area (Å²) in [6.07, 6.45) is 9.79. The van der Waals surface area contributed by atoms with Gasteiger partial charge < -0.3 is 37.6 Å². The number of rotatable bonds is 10. The number of aromatic nitrogens is 3. The molecule has 0 unspecified atom stereocenters. The molecule has 16 nitrogen and oxygen atoms in total. The van der Waals surface area contributed by atoms with E-state index in [2.05, 4.69) is 64.8 Å². The van der Waals surface area contributed by atoms with Gasteiger partial charge in [0.15, 0.2) is 17.5 Å². The number of nitrogens with zero attached hydrogens (tertiary/aromatic N) is 7. The Morgan fingerprint density at radius 3 is 1.38 bits per heavy atom. The summed E-state index contributed by atoms with van der Waals surface area (Å²) in [4.78, 5) is 56.7. The number of hydrogen-bond acceptors (Lipinski definition) is 11. The van der Waals surface area contributed by atoms with Crippen molar-refractivity contribution in [1.29, 1.82) is 0 Å². The van der Waals surface area contributed by atoms with Crippen LogP contribution in [-0.4, -0.2) is 104 Å². The molecule has 0 saturated carbocycles. The zero-order valence-corrected chi connectivity index (χ0v) is 46.7. The Morgan fingerprint density at radius 2 is 0.975 bits per heavy atom. The Labute approximate surface area is 463 Å². The largest absolute Gasteiger partial charge is 0.399 e. The van der Waals surface area contributed by atoms with Gasteiger partial charge in [-0.05, 0) is 133 Å². The van der Waals surface area contributed by atoms with Crippen molar-refractivity contribution in [1.82, 2.24) is 34.6 Å². The second-order valence-electron chi connectivity index (χ2n) is 20.9. The van der Waals surface area contributed by atoms with Gasteiger partial charge in [-0.15, -0.1) is 0 Å². The molecule has 3 atom stereocenters. The summed E-state index contributed by atoms with van der Waals surface area (Å²) in [6, 6.07) is 24.9. The molecule has 422 valence electrons. The molecule has 6 aromatic rings. The average Bonchev–Trinajstić information content (AvgIpc) is 3.40. The van der Waals surface area contributed by atoms with E-state index in [0.717, 1.165) is 61.3 Å². The van der Waals surface area contributed by atoms with Crippen molar-refractivity contribution >= 4 is 52.1 Å². The zero-order chi connectivity index (χ0) is 57.0. The molecule has 79 heavy (non-hydrogen) atoms. The van der Waals surface area contributed by atoms with Crippen LogP contribution in [0.5, 0.6) is 0 Å². The molecule has 0 aliphatic carbocycles. The Bertz CT molecular complexity index is 2950. The average molecular weight is 1090 g/mol. The standard InChI is InChI=1S/C21H26FN5O2.C20H25FN4O.C13H19FN2.C6H8N2/c1-14-11-18(7-8-23-14)24-21(29)25-19-6-4-5-17(20(19)22)13-26-9-10-27(16(3)28)15(2)12-26;1-14-5-4-10-25(12-14)13-16-6-3-7-18(19(16)21)24-20(26)23-17-8-9-22-15(2)11-17;1-10-4-3-7-16(8-10)9-11-5-2-6-12(15)13(11)14;1-5-4-6(7)2-3-8-5/h4-8,11,15H,9-10,12-13H2,1-3H3,(H2,23,24,25,29);3,6-9,11,14H,4-5,10,12-13H2,1-2H3,(H2,22,23,24,26);2,5-6,10H,3-4,7-9,15H2,1H3;2-4H,1H3,(H2,7,8)/t15-;14-;10-;/m100./s1. The van der Waals surface area contributed by atoms with Crippen LogP contribution in [0.4, 0.5) is 56.9 Å². The number of nitrogens with one attached hydrogen (secondary N) is 4. The number of amides is 5. The van der Waals surface area contributed by atoms with Gasteiger partial charge in [0.1, 0.15) is 0 Å². The summed E-state index contributed by atoms with van der Waals surface area (Å²) in [6.45, 7) is 21.4. The maximum atomic E-state index is 14.9. The van der Waals surface area contributed by atoms with Gasteiger partial charge in [0.05, 0.1) is 17.1 Å². The summed E-state index contributed by atoms with van der Waals surface area (Å²) in [5.41, 5.74) is 17.9. The molecule has 8 N–H and O–H groups in total. The minimum Gasteiger partial charge on any atom is -0.399 e. The molecule has 9 rings (SSSR count). The first-order valence-corrected chi connectivity index (χ1v) is 27.0. The molecule has 3 fully saturated rings. The predicted octanol–water partition coefficient (Wildman–Crippen LogP) is 11.2. The van der Waals surface area contributed by atoms with Crippen LogP contribution in [0.2, 0.25) is 0 Å². The maximum absolute atomic E-state index is 14.9. The highest BCUT2D eigenvalue weighted by molar-refractivity contribution is 6.00. The number of pyridine rings is 3. The summed E-state index contributed by atoms with van der Waals surface area (Å²) in [5.74, 6) is 0.355. The van der Waals surface area contributed by atoms with Crippen molar-refractivity contribution in [2.24, 2.45) is 11.8 Å². The molecule has 0 spiro atoms. The fourth-order valence-corrected chi connectivity index (χ4v) is 9.93. The highest BCUT2D eigenvalue weighted by atomic mass is 19.1. The lowest BCUT2D eigenvalue weighted by Crippen LogP contribution is -2.53. The number of benzene rings is 3. The molecule has 5 amide bonds. The third-order valence-electron chi connectivity index (χ3n) is 13.8. The van der Waals surface area contributed by atoms with Gasteiger partial charge >= 0.3 is 12.1 Å². The molecular weight excluding hydrogens is 1010 g/mol. The van der Waals surface area contributed by atoms with Crippen molar-refractivity contribution in [3.63, 3.8) is 0 Å². The monoisotopic (exact) mass is 1090 g/mol. The number of halogens is 3. The molecule has 3 aliphatic rings. The Balaban J connectivity index is 0.000000184. The lowest BCUT2D eigenvalue weighted by molar-refractivity contribution is -0.133. The van der Waals surface area contributed by atoms with Gasteiger partial charge in [0, 0.05) is 135 Å². The number of nitrogens with two attached hydrogens (primary N) is 2. The van der Waals surface area contributed by atoms with E-state index in [1.165, 1.54) is 25.3 Å². The number of urea groups is 2. The van der Waals surface area contributed by atoms with Crippen LogP contribution in [-0.2, 0) is 24.4 Å². The van der Waals surface area contributed by atoms with E-state index in [1.54, 1.807) is 92.2 Å². The van der Waals surface area contributed by atoms with Gasteiger partial charge in [-0.2, -0.15) is 0 Å². The fraction of sp³-hybridized carbons (Fsp3) is 0.400. The molecule has 3 aromatic heterocycles. The number of hydrogen-bond donors (Lipinski definition) is 6. The molecule has 3 saturated heterocycles. The number of likely N-dealkylation sites (tertiary alicyclic amines) is 2. The van der Waals surface area contributed by atoms with E-state index in [-0.39, 0.29) is 40.6 Å². The Kier molecular flexibility index (Phi) is 23.0. The minimum atomic E-state index is -0.518. The van der Waals surface area contributed by atoms with Crippen molar-refractivity contribution < 1.29 is 27.6 Å². The predicted molar refractivity (Wildman–Crippen MR) is 310 cm³/mol. The maximum Gasteiger partial charge on any atom is 0.323 e. The van der Waals surface area contributed by atoms with Gasteiger partial charge in [-0.1, -0.05) is 50.2 Å². The highest BCUT2D eigenvalue weighted by Gasteiger charge is 2.26. The lowest BCUT2D eigenvalue weighted by atomic mass is 9.99. The smallest absolute Gasteiger partial charge is 0.323 e. The molecule has 3 aromatic carbocycles. The number of anilines is 6. The van der Waals surface area contributed by atoms with E-state index >= 15 is 0 Å². The molecule has 3 aliphatic heterocycles. The first kappa shape index (κ1) is 60.6. The number of piperazine rings is 1. The van der Waals surface area contributed by atoms with Crippen LogP contribution in [0.25, 0.3) is 0 Å². The number of nitrogen functional groups attached to an aromatic ring is 2. The topological polar surface area (TPSA) is 203 Å². The third kappa shape index (κ3) is 19.7. The van der Waals surface area contributed by atoms with E-state index in [1.807, 2.05) is 50.8 Å². The molecule has 6 heterocycles. The van der Waals surface area contributed by atoms with Crippen molar-refractivity contribution in [2.45, 2.75) is 99.8 Å². The van der Waals surface area contributed by atoms with E-state index in [9.17, 15) is 27.6 Å². The normalized spacial score (nSPS) is 17.5. The van der Waals surface area contributed by atoms with Crippen LogP contribution < -0.4 is 32.7 Å². The fourth-order valence-electron chi connectivity index (χ4n) is 9.93. The second-order valence-corrected chi connectivity index (χ2v) is 20.9. The third-order valence-corrected chi connectivity index (χ3v) is 13.8. The van der Waals surface area contributed by atoms with Crippen molar-refractivity contribution in [3.05, 3.63) is 161 Å². The van der Waals surface area contributed by atoms with Gasteiger partial charge in [-0.3, -0.25) is 34.4 Å². The summed E-state index contributed by atoms with van der Waals surface area (Å²) >= 11 is 0. The van der Waals surface area contributed by atoms with Crippen LogP contribution in [0.1, 0.15) is 87.2 Å². The first-order valence-electron chi connectivity index (χ1n) is 27.0.